The van der Waals surface area contributed by atoms with Crippen LogP contribution in [0.4, 0.5) is 0 Å². The molecule has 0 aromatic carbocycles. The Morgan fingerprint density at radius 1 is 1.00 bits per heavy atom. The van der Waals surface area contributed by atoms with E-state index in [9.17, 15) is 14.4 Å². The molecule has 7 heteroatoms. The lowest BCUT2D eigenvalue weighted by Crippen LogP contribution is -2.44. The Balaban J connectivity index is 4.94. The van der Waals surface area contributed by atoms with Gasteiger partial charge in [-0.25, -0.2) is 0 Å². The Labute approximate surface area is 73.5 Å². The van der Waals surface area contributed by atoms with E-state index >= 15 is 0 Å². The van der Waals surface area contributed by atoms with Gasteiger partial charge >= 0.3 is 0 Å². The maximum atomic E-state index is 10.6. The molecular formula is C6H8N4O3. The van der Waals surface area contributed by atoms with Gasteiger partial charge in [-0.2, -0.15) is 5.26 Å². The molecule has 0 rings (SSSR count). The highest BCUT2D eigenvalue weighted by Crippen LogP contribution is 2.09. The van der Waals surface area contributed by atoms with E-state index in [0.29, 0.717) is 0 Å². The molecule has 1 unspecified atom stereocenters. The van der Waals surface area contributed by atoms with Gasteiger partial charge in [-0.15, -0.1) is 0 Å². The quantitative estimate of drug-likeness (QED) is 0.403. The smallest absolute Gasteiger partial charge is 0.236 e. The number of carbonyl (C=O) groups excluding carboxylic acids is 3. The Kier molecular flexibility index (Phi) is 3.40. The number of rotatable bonds is 4. The van der Waals surface area contributed by atoms with Gasteiger partial charge in [0.05, 0.1) is 6.07 Å². The van der Waals surface area contributed by atoms with Crippen molar-refractivity contribution in [2.24, 2.45) is 29.0 Å². The van der Waals surface area contributed by atoms with Crippen LogP contribution in [0.25, 0.3) is 0 Å². The van der Waals surface area contributed by atoms with Gasteiger partial charge in [-0.1, -0.05) is 0 Å². The predicted octanol–water partition coefficient (Wildman–Crippen LogP) is -2.80. The van der Waals surface area contributed by atoms with Crippen LogP contribution in [-0.4, -0.2) is 17.7 Å². The Hall–Kier alpha value is -2.10. The molecule has 0 fully saturated rings. The third-order valence-corrected chi connectivity index (χ3v) is 1.39. The average molecular weight is 184 g/mol. The zero-order valence-electron chi connectivity index (χ0n) is 6.56. The highest BCUT2D eigenvalue weighted by molar-refractivity contribution is 6.03. The molecule has 0 aliphatic carbocycles. The van der Waals surface area contributed by atoms with Crippen molar-refractivity contribution in [2.45, 2.75) is 0 Å². The summed E-state index contributed by atoms with van der Waals surface area (Å²) in [5, 5.41) is 8.40. The molecule has 0 saturated carbocycles. The van der Waals surface area contributed by atoms with E-state index in [1.54, 1.807) is 0 Å². The van der Waals surface area contributed by atoms with Gasteiger partial charge in [-0.3, -0.25) is 14.4 Å². The van der Waals surface area contributed by atoms with Gasteiger partial charge in [0.25, 0.3) is 0 Å². The van der Waals surface area contributed by atoms with Crippen LogP contribution in [0.5, 0.6) is 0 Å². The molecule has 0 spiro atoms. The van der Waals surface area contributed by atoms with Gasteiger partial charge in [0, 0.05) is 0 Å². The van der Waals surface area contributed by atoms with Crippen molar-refractivity contribution < 1.29 is 14.4 Å². The highest BCUT2D eigenvalue weighted by atomic mass is 16.2. The molecule has 0 heterocycles. The molecule has 7 nitrogen and oxygen atoms in total. The second-order valence-electron chi connectivity index (χ2n) is 2.29. The lowest BCUT2D eigenvalue weighted by Gasteiger charge is -2.11. The first kappa shape index (κ1) is 10.9. The maximum Gasteiger partial charge on any atom is 0.236 e. The first-order chi connectivity index (χ1) is 5.91. The summed E-state index contributed by atoms with van der Waals surface area (Å²) in [6.07, 6.45) is 0. The lowest BCUT2D eigenvalue weighted by molar-refractivity contribution is -0.137. The molecule has 1 atom stereocenters. The van der Waals surface area contributed by atoms with E-state index in [4.69, 9.17) is 22.5 Å². The number of primary amides is 3. The van der Waals surface area contributed by atoms with Crippen LogP contribution in [0.1, 0.15) is 0 Å². The van der Waals surface area contributed by atoms with Crippen LogP contribution < -0.4 is 17.2 Å². The fourth-order valence-electron chi connectivity index (χ4n) is 0.771. The SMILES string of the molecule is N#CC(C(N)=O)C(C(N)=O)C(N)=O. The average Bonchev–Trinajstić information content (AvgIpc) is 1.97. The minimum atomic E-state index is -1.66. The molecule has 0 radical (unpaired) electrons. The predicted molar refractivity (Wildman–Crippen MR) is 40.2 cm³/mol. The van der Waals surface area contributed by atoms with Crippen molar-refractivity contribution in [2.75, 3.05) is 0 Å². The molecule has 0 saturated heterocycles. The molecule has 13 heavy (non-hydrogen) atoms. The van der Waals surface area contributed by atoms with Crippen molar-refractivity contribution in [3.05, 3.63) is 0 Å². The topological polar surface area (TPSA) is 153 Å². The molecule has 3 amide bonds. The standard InChI is InChI=1S/C6H8N4O3/c7-1-2(4(8)11)3(5(9)12)6(10)13/h2-3H,(H2,8,11)(H2,9,12)(H2,10,13). The monoisotopic (exact) mass is 184 g/mol. The summed E-state index contributed by atoms with van der Waals surface area (Å²) in [7, 11) is 0. The molecule has 0 aromatic rings. The number of carbonyl (C=O) groups is 3. The van der Waals surface area contributed by atoms with Crippen molar-refractivity contribution in [3.8, 4) is 6.07 Å². The van der Waals surface area contributed by atoms with Gasteiger partial charge in [0.1, 0.15) is 11.8 Å². The molecule has 0 aromatic heterocycles. The molecule has 70 valence electrons. The Bertz CT molecular complexity index is 279. The van der Waals surface area contributed by atoms with Crippen LogP contribution >= 0.6 is 0 Å². The highest BCUT2D eigenvalue weighted by Gasteiger charge is 2.35. The van der Waals surface area contributed by atoms with Gasteiger partial charge in [0.2, 0.25) is 17.7 Å². The number of hydrogen-bond donors (Lipinski definition) is 3. The molecule has 0 aliphatic heterocycles. The molecular weight excluding hydrogens is 176 g/mol. The second-order valence-corrected chi connectivity index (χ2v) is 2.29. The van der Waals surface area contributed by atoms with Crippen molar-refractivity contribution in [1.29, 1.82) is 5.26 Å². The summed E-state index contributed by atoms with van der Waals surface area (Å²) in [6, 6.07) is 1.39. The van der Waals surface area contributed by atoms with Crippen molar-refractivity contribution in [3.63, 3.8) is 0 Å². The van der Waals surface area contributed by atoms with Gasteiger partial charge in [-0.05, 0) is 0 Å². The lowest BCUT2D eigenvalue weighted by atomic mass is 9.92. The van der Waals surface area contributed by atoms with Crippen LogP contribution in [0.3, 0.4) is 0 Å². The maximum absolute atomic E-state index is 10.6. The number of nitriles is 1. The summed E-state index contributed by atoms with van der Waals surface area (Å²) in [6.45, 7) is 0. The Morgan fingerprint density at radius 2 is 1.38 bits per heavy atom. The van der Waals surface area contributed by atoms with Crippen LogP contribution in [0.15, 0.2) is 0 Å². The third kappa shape index (κ3) is 2.44. The zero-order chi connectivity index (χ0) is 10.6. The summed E-state index contributed by atoms with van der Waals surface area (Å²) in [4.78, 5) is 31.8. The second kappa shape index (κ2) is 4.06. The summed E-state index contributed by atoms with van der Waals surface area (Å²) < 4.78 is 0. The van der Waals surface area contributed by atoms with E-state index in [2.05, 4.69) is 0 Å². The van der Waals surface area contributed by atoms with Crippen molar-refractivity contribution >= 4 is 17.7 Å². The van der Waals surface area contributed by atoms with E-state index < -0.39 is 29.6 Å². The minimum Gasteiger partial charge on any atom is -0.369 e. The largest absolute Gasteiger partial charge is 0.369 e. The molecule has 0 aliphatic rings. The molecule has 0 bridgehead atoms. The fourth-order valence-corrected chi connectivity index (χ4v) is 0.771. The normalized spacial score (nSPS) is 11.7. The van der Waals surface area contributed by atoms with E-state index in [0.717, 1.165) is 0 Å². The summed E-state index contributed by atoms with van der Waals surface area (Å²) in [5.41, 5.74) is 14.3. The molecule has 6 N–H and O–H groups in total. The summed E-state index contributed by atoms with van der Waals surface area (Å²) >= 11 is 0. The third-order valence-electron chi connectivity index (χ3n) is 1.39. The zero-order valence-corrected chi connectivity index (χ0v) is 6.56. The van der Waals surface area contributed by atoms with Gasteiger partial charge < -0.3 is 17.2 Å². The van der Waals surface area contributed by atoms with E-state index in [1.165, 1.54) is 6.07 Å². The van der Waals surface area contributed by atoms with E-state index in [1.807, 2.05) is 0 Å². The first-order valence-electron chi connectivity index (χ1n) is 3.19. The number of nitrogens with zero attached hydrogens (tertiary/aromatic N) is 1. The van der Waals surface area contributed by atoms with E-state index in [-0.39, 0.29) is 0 Å². The van der Waals surface area contributed by atoms with Crippen LogP contribution in [0.2, 0.25) is 0 Å². The number of amides is 3. The number of hydrogen-bond acceptors (Lipinski definition) is 4. The van der Waals surface area contributed by atoms with Crippen LogP contribution in [0, 0.1) is 23.2 Å². The Morgan fingerprint density at radius 3 is 1.46 bits per heavy atom. The number of nitrogens with two attached hydrogens (primary N) is 3. The van der Waals surface area contributed by atoms with Gasteiger partial charge in [0.15, 0.2) is 0 Å². The van der Waals surface area contributed by atoms with Crippen LogP contribution in [-0.2, 0) is 14.4 Å². The fraction of sp³-hybridized carbons (Fsp3) is 0.333. The summed E-state index contributed by atoms with van der Waals surface area (Å²) in [5.74, 6) is -6.65. The van der Waals surface area contributed by atoms with Crippen molar-refractivity contribution in [1.82, 2.24) is 0 Å². The first-order valence-corrected chi connectivity index (χ1v) is 3.19. The minimum absolute atomic E-state index is 1.11.